The van der Waals surface area contributed by atoms with Gasteiger partial charge in [0.05, 0.1) is 5.25 Å². The summed E-state index contributed by atoms with van der Waals surface area (Å²) in [5.41, 5.74) is 0. The SMILES string of the molecule is CC(C)N(C)S(=O)(=O)C1CCCC1. The van der Waals surface area contributed by atoms with Gasteiger partial charge in [-0.15, -0.1) is 0 Å². The fourth-order valence-electron chi connectivity index (χ4n) is 1.72. The number of sulfonamides is 1. The molecule has 0 bridgehead atoms. The smallest absolute Gasteiger partial charge is 0.212 e. The molecule has 0 aromatic carbocycles. The number of hydrogen-bond acceptors (Lipinski definition) is 2. The van der Waals surface area contributed by atoms with Crippen molar-refractivity contribution < 1.29 is 8.42 Å². The Bertz CT molecular complexity index is 245. The van der Waals surface area contributed by atoms with Crippen LogP contribution in [0.1, 0.15) is 39.5 Å². The molecule has 0 atom stereocenters. The van der Waals surface area contributed by atoms with E-state index >= 15 is 0 Å². The van der Waals surface area contributed by atoms with Crippen molar-refractivity contribution in [3.63, 3.8) is 0 Å². The quantitative estimate of drug-likeness (QED) is 0.702. The highest BCUT2D eigenvalue weighted by Crippen LogP contribution is 2.27. The van der Waals surface area contributed by atoms with Gasteiger partial charge in [-0.25, -0.2) is 12.7 Å². The molecule has 4 heteroatoms. The minimum atomic E-state index is -3.00. The Hall–Kier alpha value is -0.0900. The van der Waals surface area contributed by atoms with Gasteiger partial charge in [0.25, 0.3) is 0 Å². The molecule has 1 rings (SSSR count). The molecule has 0 aliphatic heterocycles. The molecule has 3 nitrogen and oxygen atoms in total. The molecule has 0 unspecified atom stereocenters. The van der Waals surface area contributed by atoms with E-state index < -0.39 is 10.0 Å². The summed E-state index contributed by atoms with van der Waals surface area (Å²) in [4.78, 5) is 0. The molecule has 1 fully saturated rings. The van der Waals surface area contributed by atoms with Crippen LogP contribution in [0, 0.1) is 0 Å². The zero-order valence-corrected chi connectivity index (χ0v) is 9.47. The molecule has 1 aliphatic rings. The molecular formula is C9H19NO2S. The Morgan fingerprint density at radius 1 is 1.23 bits per heavy atom. The lowest BCUT2D eigenvalue weighted by atomic mass is 10.4. The predicted molar refractivity (Wildman–Crippen MR) is 54.1 cm³/mol. The highest BCUT2D eigenvalue weighted by Gasteiger charge is 2.32. The number of hydrogen-bond donors (Lipinski definition) is 0. The first-order chi connectivity index (χ1) is 5.96. The third-order valence-electron chi connectivity index (χ3n) is 2.85. The Kier molecular flexibility index (Phi) is 3.35. The largest absolute Gasteiger partial charge is 0.216 e. The predicted octanol–water partition coefficient (Wildman–Crippen LogP) is 1.60. The van der Waals surface area contributed by atoms with Gasteiger partial charge in [-0.3, -0.25) is 0 Å². The van der Waals surface area contributed by atoms with Crippen LogP contribution in [0.2, 0.25) is 0 Å². The van der Waals surface area contributed by atoms with E-state index in [0.717, 1.165) is 25.7 Å². The van der Waals surface area contributed by atoms with Gasteiger partial charge < -0.3 is 0 Å². The molecule has 78 valence electrons. The second-order valence-corrected chi connectivity index (χ2v) is 6.33. The Labute approximate surface area is 81.2 Å². The lowest BCUT2D eigenvalue weighted by Gasteiger charge is -2.24. The van der Waals surface area contributed by atoms with E-state index in [0.29, 0.717) is 0 Å². The van der Waals surface area contributed by atoms with Crippen molar-refractivity contribution in [2.24, 2.45) is 0 Å². The number of rotatable bonds is 3. The second-order valence-electron chi connectivity index (χ2n) is 4.06. The second kappa shape index (κ2) is 3.96. The third kappa shape index (κ3) is 2.23. The van der Waals surface area contributed by atoms with Crippen LogP contribution in [-0.2, 0) is 10.0 Å². The molecule has 0 heterocycles. The molecule has 0 aromatic rings. The summed E-state index contributed by atoms with van der Waals surface area (Å²) < 4.78 is 25.3. The summed E-state index contributed by atoms with van der Waals surface area (Å²) in [6, 6.07) is 0.0746. The van der Waals surface area contributed by atoms with E-state index in [2.05, 4.69) is 0 Å². The standard InChI is InChI=1S/C9H19NO2S/c1-8(2)10(3)13(11,12)9-6-4-5-7-9/h8-9H,4-7H2,1-3H3. The minimum Gasteiger partial charge on any atom is -0.212 e. The maximum atomic E-state index is 11.9. The Morgan fingerprint density at radius 3 is 2.08 bits per heavy atom. The van der Waals surface area contributed by atoms with Crippen molar-refractivity contribution in [1.29, 1.82) is 0 Å². The summed E-state index contributed by atoms with van der Waals surface area (Å²) in [7, 11) is -1.33. The molecule has 1 aliphatic carbocycles. The maximum absolute atomic E-state index is 11.9. The Morgan fingerprint density at radius 2 is 1.69 bits per heavy atom. The normalized spacial score (nSPS) is 20.4. The third-order valence-corrected chi connectivity index (χ3v) is 5.39. The summed E-state index contributed by atoms with van der Waals surface area (Å²) in [6.07, 6.45) is 3.82. The van der Waals surface area contributed by atoms with E-state index in [-0.39, 0.29) is 11.3 Å². The monoisotopic (exact) mass is 205 g/mol. The van der Waals surface area contributed by atoms with Crippen LogP contribution in [0.25, 0.3) is 0 Å². The van der Waals surface area contributed by atoms with Crippen LogP contribution in [0.4, 0.5) is 0 Å². The molecule has 0 amide bonds. The van der Waals surface area contributed by atoms with E-state index in [1.165, 1.54) is 4.31 Å². The van der Waals surface area contributed by atoms with Crippen LogP contribution < -0.4 is 0 Å². The zero-order valence-electron chi connectivity index (χ0n) is 8.66. The fourth-order valence-corrected chi connectivity index (χ4v) is 3.70. The van der Waals surface area contributed by atoms with Gasteiger partial charge in [0.2, 0.25) is 10.0 Å². The maximum Gasteiger partial charge on any atom is 0.216 e. The van der Waals surface area contributed by atoms with Crippen molar-refractivity contribution >= 4 is 10.0 Å². The topological polar surface area (TPSA) is 37.4 Å². The molecule has 13 heavy (non-hydrogen) atoms. The van der Waals surface area contributed by atoms with Gasteiger partial charge >= 0.3 is 0 Å². The lowest BCUT2D eigenvalue weighted by molar-refractivity contribution is 0.402. The fraction of sp³-hybridized carbons (Fsp3) is 1.00. The summed E-state index contributed by atoms with van der Waals surface area (Å²) >= 11 is 0. The van der Waals surface area contributed by atoms with Gasteiger partial charge in [0, 0.05) is 13.1 Å². The van der Waals surface area contributed by atoms with Crippen LogP contribution in [0.15, 0.2) is 0 Å². The molecule has 0 aromatic heterocycles. The van der Waals surface area contributed by atoms with Crippen LogP contribution in [0.5, 0.6) is 0 Å². The molecule has 0 N–H and O–H groups in total. The molecule has 1 saturated carbocycles. The first-order valence-electron chi connectivity index (χ1n) is 4.93. The van der Waals surface area contributed by atoms with Gasteiger partial charge in [-0.2, -0.15) is 0 Å². The van der Waals surface area contributed by atoms with E-state index in [4.69, 9.17) is 0 Å². The van der Waals surface area contributed by atoms with Crippen LogP contribution in [0.3, 0.4) is 0 Å². The average molecular weight is 205 g/mol. The van der Waals surface area contributed by atoms with Gasteiger partial charge in [0.15, 0.2) is 0 Å². The molecular weight excluding hydrogens is 186 g/mol. The van der Waals surface area contributed by atoms with Crippen molar-refractivity contribution in [1.82, 2.24) is 4.31 Å². The average Bonchev–Trinajstić information content (AvgIpc) is 2.54. The van der Waals surface area contributed by atoms with Crippen LogP contribution >= 0.6 is 0 Å². The number of nitrogens with zero attached hydrogens (tertiary/aromatic N) is 1. The van der Waals surface area contributed by atoms with Crippen molar-refractivity contribution in [2.75, 3.05) is 7.05 Å². The van der Waals surface area contributed by atoms with Crippen LogP contribution in [-0.4, -0.2) is 31.1 Å². The lowest BCUT2D eigenvalue weighted by Crippen LogP contribution is -2.39. The van der Waals surface area contributed by atoms with E-state index in [1.54, 1.807) is 7.05 Å². The van der Waals surface area contributed by atoms with E-state index in [9.17, 15) is 8.42 Å². The Balaban J connectivity index is 2.75. The van der Waals surface area contributed by atoms with E-state index in [1.807, 2.05) is 13.8 Å². The van der Waals surface area contributed by atoms with Gasteiger partial charge in [0.1, 0.15) is 0 Å². The summed E-state index contributed by atoms with van der Waals surface area (Å²) in [5, 5.41) is -0.111. The van der Waals surface area contributed by atoms with Gasteiger partial charge in [-0.05, 0) is 26.7 Å². The van der Waals surface area contributed by atoms with Crippen molar-refractivity contribution in [3.8, 4) is 0 Å². The van der Waals surface area contributed by atoms with Gasteiger partial charge in [-0.1, -0.05) is 12.8 Å². The molecule has 0 spiro atoms. The highest BCUT2D eigenvalue weighted by molar-refractivity contribution is 7.89. The zero-order chi connectivity index (χ0) is 10.1. The summed E-state index contributed by atoms with van der Waals surface area (Å²) in [6.45, 7) is 3.82. The van der Waals surface area contributed by atoms with Crippen molar-refractivity contribution in [2.45, 2.75) is 50.8 Å². The minimum absolute atomic E-state index is 0.0746. The first kappa shape index (κ1) is 11.0. The van der Waals surface area contributed by atoms with Crippen molar-refractivity contribution in [3.05, 3.63) is 0 Å². The first-order valence-corrected chi connectivity index (χ1v) is 6.43. The highest BCUT2D eigenvalue weighted by atomic mass is 32.2. The molecule has 0 saturated heterocycles. The summed E-state index contributed by atoms with van der Waals surface area (Å²) in [5.74, 6) is 0. The molecule has 0 radical (unpaired) electrons.